The first-order valence-electron chi connectivity index (χ1n) is 28.3. The van der Waals surface area contributed by atoms with Gasteiger partial charge >= 0.3 is 12.1 Å². The van der Waals surface area contributed by atoms with Gasteiger partial charge in [0.1, 0.15) is 5.84 Å². The standard InChI is InChI=1S/C58H82F7N5O14S/c1-4-14-70(40-42-9-10-43(41-69(2)3)46(35-42)58(63,64)65)57(73)44-36-50-49(68-51(66)37-44)38-45(85-50)8-6-5-7-13-67-52(71)11-15-74-17-19-76-21-23-78-25-27-80-29-31-82-33-34-83-32-30-81-28-26-79-24-22-77-20-18-75-16-12-53(72)84-56-54(61)47(59)39-48(60)55(56)62/h9-10,35-36,38-39H,4-8,11-34,37,40-41H2,1-3H3,(H2,66,68)(H,67,71). The lowest BCUT2D eigenvalue weighted by atomic mass is 10.0. The molecular formula is C58H82F7N5O14S. The SMILES string of the molecule is CCCN(Cc1ccc(CN(C)C)c(C(F)(F)F)c1)C(=O)C1=Cc2sc(CCCCCNC(=O)CCOCCOCCOCCOCCOCCOCCOCCOCCOCCOCCC(=O)Oc3c(F)c(F)cc(F)c3F)cc2N=C(N)C1. The number of amidine groups is 1. The molecular weight excluding hydrogens is 1160 g/mol. The third-order valence-corrected chi connectivity index (χ3v) is 13.2. The van der Waals surface area contributed by atoms with Gasteiger partial charge in [0.2, 0.25) is 23.3 Å². The number of amides is 2. The van der Waals surface area contributed by atoms with Crippen molar-refractivity contribution in [3.8, 4) is 5.75 Å². The molecule has 3 aromatic rings. The summed E-state index contributed by atoms with van der Waals surface area (Å²) < 4.78 is 154. The normalized spacial score (nSPS) is 12.6. The number of hydrogen-bond acceptors (Lipinski definition) is 18. The summed E-state index contributed by atoms with van der Waals surface area (Å²) in [5.41, 5.74) is 7.28. The second-order valence-corrected chi connectivity index (χ2v) is 20.6. The minimum Gasteiger partial charge on any atom is -0.420 e. The maximum atomic E-state index is 14.0. The minimum atomic E-state index is -4.53. The number of hydrogen-bond donors (Lipinski definition) is 2. The number of aliphatic imine (C=N–C) groups is 1. The summed E-state index contributed by atoms with van der Waals surface area (Å²) in [5, 5.41) is 2.93. The van der Waals surface area contributed by atoms with Crippen molar-refractivity contribution in [3.63, 3.8) is 0 Å². The number of unbranched alkanes of at least 4 members (excludes halogenated alkanes) is 2. The van der Waals surface area contributed by atoms with Gasteiger partial charge in [-0.2, -0.15) is 22.0 Å². The molecule has 85 heavy (non-hydrogen) atoms. The number of nitrogens with two attached hydrogens (primary N) is 1. The molecule has 2 heterocycles. The number of halogens is 7. The Morgan fingerprint density at radius 1 is 0.647 bits per heavy atom. The number of fused-ring (bicyclic) bond motifs is 1. The molecule has 0 unspecified atom stereocenters. The summed E-state index contributed by atoms with van der Waals surface area (Å²) in [7, 11) is 3.43. The van der Waals surface area contributed by atoms with Gasteiger partial charge in [-0.1, -0.05) is 25.5 Å². The highest BCUT2D eigenvalue weighted by molar-refractivity contribution is 7.13. The summed E-state index contributed by atoms with van der Waals surface area (Å²) in [4.78, 5) is 47.7. The van der Waals surface area contributed by atoms with E-state index >= 15 is 0 Å². The molecule has 0 spiro atoms. The van der Waals surface area contributed by atoms with E-state index in [2.05, 4.69) is 15.0 Å². The van der Waals surface area contributed by atoms with Crippen molar-refractivity contribution in [2.45, 2.75) is 77.6 Å². The van der Waals surface area contributed by atoms with E-state index in [0.717, 1.165) is 41.5 Å². The fraction of sp³-hybridized carbons (Fsp3) is 0.621. The Kier molecular flexibility index (Phi) is 35.6. The van der Waals surface area contributed by atoms with Crippen molar-refractivity contribution in [2.75, 3.05) is 159 Å². The van der Waals surface area contributed by atoms with Gasteiger partial charge in [0.05, 0.1) is 155 Å². The molecule has 19 nitrogen and oxygen atoms in total. The van der Waals surface area contributed by atoms with Crippen LogP contribution in [0, 0.1) is 23.3 Å². The van der Waals surface area contributed by atoms with E-state index in [9.17, 15) is 45.1 Å². The molecule has 0 bridgehead atoms. The number of nitrogens with zero attached hydrogens (tertiary/aromatic N) is 3. The van der Waals surface area contributed by atoms with Gasteiger partial charge in [-0.25, -0.2) is 13.8 Å². The maximum absolute atomic E-state index is 14.0. The Balaban J connectivity index is 0.874. The van der Waals surface area contributed by atoms with Gasteiger partial charge in [-0.3, -0.25) is 14.4 Å². The molecule has 27 heteroatoms. The van der Waals surface area contributed by atoms with Crippen LogP contribution in [0.3, 0.4) is 0 Å². The van der Waals surface area contributed by atoms with Crippen LogP contribution in [0.15, 0.2) is 40.9 Å². The van der Waals surface area contributed by atoms with Gasteiger partial charge in [-0.15, -0.1) is 11.3 Å². The van der Waals surface area contributed by atoms with Crippen LogP contribution in [0.25, 0.3) is 6.08 Å². The predicted octanol–water partition coefficient (Wildman–Crippen LogP) is 7.98. The smallest absolute Gasteiger partial charge is 0.416 e. The molecule has 1 aliphatic heterocycles. The number of aryl methyl sites for hydroxylation is 1. The number of esters is 1. The van der Waals surface area contributed by atoms with Crippen molar-refractivity contribution >= 4 is 46.7 Å². The van der Waals surface area contributed by atoms with Crippen LogP contribution in [-0.2, 0) is 87.4 Å². The first-order chi connectivity index (χ1) is 41.0. The highest BCUT2D eigenvalue weighted by atomic mass is 32.1. The Morgan fingerprint density at radius 2 is 1.14 bits per heavy atom. The molecule has 0 fully saturated rings. The number of ether oxygens (including phenoxy) is 11. The fourth-order valence-corrected chi connectivity index (χ4v) is 9.14. The van der Waals surface area contributed by atoms with Crippen molar-refractivity contribution in [1.29, 1.82) is 0 Å². The average Bonchev–Trinajstić information content (AvgIpc) is 3.23. The molecule has 0 saturated carbocycles. The molecule has 478 valence electrons. The van der Waals surface area contributed by atoms with Gasteiger partial charge in [-0.05, 0) is 69.1 Å². The second kappa shape index (κ2) is 41.8. The molecule has 0 saturated heterocycles. The van der Waals surface area contributed by atoms with Crippen LogP contribution in [0.5, 0.6) is 5.75 Å². The van der Waals surface area contributed by atoms with E-state index in [4.69, 9.17) is 53.1 Å². The zero-order valence-corrected chi connectivity index (χ0v) is 49.6. The zero-order chi connectivity index (χ0) is 61.7. The maximum Gasteiger partial charge on any atom is 0.416 e. The fourth-order valence-electron chi connectivity index (χ4n) is 8.03. The number of carbonyl (C=O) groups is 3. The van der Waals surface area contributed by atoms with E-state index in [-0.39, 0.29) is 88.2 Å². The Bertz CT molecular complexity index is 2480. The molecule has 1 aromatic heterocycles. The number of carbonyl (C=O) groups excluding carboxylic acids is 3. The second-order valence-electron chi connectivity index (χ2n) is 19.4. The molecule has 2 amide bonds. The van der Waals surface area contributed by atoms with Crippen molar-refractivity contribution in [3.05, 3.63) is 85.6 Å². The van der Waals surface area contributed by atoms with E-state index in [1.54, 1.807) is 30.0 Å². The minimum absolute atomic E-state index is 0.0113. The predicted molar refractivity (Wildman–Crippen MR) is 303 cm³/mol. The lowest BCUT2D eigenvalue weighted by Crippen LogP contribution is -2.33. The first-order valence-corrected chi connectivity index (χ1v) is 29.1. The highest BCUT2D eigenvalue weighted by Crippen LogP contribution is 2.37. The van der Waals surface area contributed by atoms with Crippen LogP contribution in [0.4, 0.5) is 36.4 Å². The van der Waals surface area contributed by atoms with Crippen LogP contribution in [-0.4, -0.2) is 193 Å². The summed E-state index contributed by atoms with van der Waals surface area (Å²) in [6.45, 7) is 9.47. The molecule has 4 rings (SSSR count). The Hall–Kier alpha value is -5.17. The number of benzene rings is 2. The van der Waals surface area contributed by atoms with Gasteiger partial charge in [0, 0.05) is 55.5 Å². The monoisotopic (exact) mass is 1240 g/mol. The number of thiophene rings is 1. The molecule has 0 aliphatic carbocycles. The van der Waals surface area contributed by atoms with Gasteiger partial charge in [0.15, 0.2) is 11.6 Å². The molecule has 1 aliphatic rings. The Labute approximate surface area is 496 Å². The average molecular weight is 1240 g/mol. The highest BCUT2D eigenvalue weighted by Gasteiger charge is 2.34. The van der Waals surface area contributed by atoms with Crippen LogP contribution in [0.1, 0.15) is 78.3 Å². The molecule has 0 atom stereocenters. The van der Waals surface area contributed by atoms with Crippen LogP contribution < -0.4 is 15.8 Å². The topological polar surface area (TPSA) is 210 Å². The lowest BCUT2D eigenvalue weighted by Gasteiger charge is -2.25. The van der Waals surface area contributed by atoms with E-state index in [0.29, 0.717) is 135 Å². The summed E-state index contributed by atoms with van der Waals surface area (Å²) in [6, 6.07) is 6.28. The van der Waals surface area contributed by atoms with Gasteiger partial charge in [0.25, 0.3) is 5.91 Å². The van der Waals surface area contributed by atoms with Crippen molar-refractivity contribution < 1.29 is 97.2 Å². The molecule has 3 N–H and O–H groups in total. The number of alkyl halides is 3. The zero-order valence-electron chi connectivity index (χ0n) is 48.8. The third-order valence-electron chi connectivity index (χ3n) is 12.1. The summed E-state index contributed by atoms with van der Waals surface area (Å²) >= 11 is 1.54. The number of nitrogens with one attached hydrogen (secondary N) is 1. The Morgan fingerprint density at radius 3 is 1.62 bits per heavy atom. The summed E-state index contributed by atoms with van der Waals surface area (Å²) in [5.74, 6) is -9.64. The van der Waals surface area contributed by atoms with E-state index in [1.165, 1.54) is 17.4 Å². The van der Waals surface area contributed by atoms with Crippen LogP contribution in [0.2, 0.25) is 0 Å². The lowest BCUT2D eigenvalue weighted by molar-refractivity contribution is -0.138. The van der Waals surface area contributed by atoms with Gasteiger partial charge < -0.3 is 73.0 Å². The van der Waals surface area contributed by atoms with Crippen molar-refractivity contribution in [1.82, 2.24) is 15.1 Å². The number of rotatable bonds is 47. The molecule has 2 aromatic carbocycles. The van der Waals surface area contributed by atoms with Crippen molar-refractivity contribution in [2.24, 2.45) is 10.7 Å². The molecule has 0 radical (unpaired) electrons. The summed E-state index contributed by atoms with van der Waals surface area (Å²) in [6.07, 6.45) is 1.24. The largest absolute Gasteiger partial charge is 0.420 e. The first kappa shape index (κ1) is 72.3. The van der Waals surface area contributed by atoms with Crippen LogP contribution >= 0.6 is 11.3 Å². The quantitative estimate of drug-likeness (QED) is 0.0181. The van der Waals surface area contributed by atoms with E-state index in [1.807, 2.05) is 19.1 Å². The third kappa shape index (κ3) is 29.9. The van der Waals surface area contributed by atoms with E-state index < -0.39 is 53.1 Å².